The van der Waals surface area contributed by atoms with E-state index in [-0.39, 0.29) is 5.69 Å². The lowest BCUT2D eigenvalue weighted by molar-refractivity contribution is -0.384. The summed E-state index contributed by atoms with van der Waals surface area (Å²) in [4.78, 5) is 41.5. The highest BCUT2D eigenvalue weighted by molar-refractivity contribution is 6.43. The number of anilines is 2. The third-order valence-corrected chi connectivity index (χ3v) is 6.20. The number of benzene rings is 3. The standard InChI is InChI=1S/C27H23N3O5/c1-18-5-4-6-20(15-18)29-26(31)22-8-3-2-7-21(22)23(27(29)32)16-19-9-10-24(25(17-19)30(33)34)28-11-13-35-14-12-28/h2-10,15-17H,11-14H2,1H3. The van der Waals surface area contributed by atoms with Gasteiger partial charge in [0, 0.05) is 30.3 Å². The van der Waals surface area contributed by atoms with Gasteiger partial charge in [0.25, 0.3) is 17.5 Å². The van der Waals surface area contributed by atoms with E-state index in [2.05, 4.69) is 0 Å². The quantitative estimate of drug-likeness (QED) is 0.242. The Morgan fingerprint density at radius 3 is 2.37 bits per heavy atom. The minimum atomic E-state index is -0.473. The zero-order valence-electron chi connectivity index (χ0n) is 19.1. The van der Waals surface area contributed by atoms with E-state index in [0.717, 1.165) is 10.5 Å². The molecular formula is C27H23N3O5. The monoisotopic (exact) mass is 469 g/mol. The number of hydrogen-bond donors (Lipinski definition) is 0. The van der Waals surface area contributed by atoms with Crippen LogP contribution in [0.2, 0.25) is 0 Å². The molecule has 5 rings (SSSR count). The number of rotatable bonds is 4. The van der Waals surface area contributed by atoms with Gasteiger partial charge in [-0.2, -0.15) is 0 Å². The predicted molar refractivity (Wildman–Crippen MR) is 133 cm³/mol. The molecule has 176 valence electrons. The number of ether oxygens (including phenoxy) is 1. The van der Waals surface area contributed by atoms with E-state index in [1.165, 1.54) is 6.07 Å². The van der Waals surface area contributed by atoms with Crippen molar-refractivity contribution in [3.8, 4) is 0 Å². The smallest absolute Gasteiger partial charge is 0.293 e. The third kappa shape index (κ3) is 4.20. The molecule has 0 aliphatic carbocycles. The minimum Gasteiger partial charge on any atom is -0.378 e. The van der Waals surface area contributed by atoms with E-state index in [1.807, 2.05) is 17.9 Å². The highest BCUT2D eigenvalue weighted by atomic mass is 16.6. The van der Waals surface area contributed by atoms with Crippen LogP contribution in [-0.4, -0.2) is 43.0 Å². The fraction of sp³-hybridized carbons (Fsp3) is 0.185. The van der Waals surface area contributed by atoms with Crippen molar-refractivity contribution in [3.05, 3.63) is 99.1 Å². The summed E-state index contributed by atoms with van der Waals surface area (Å²) >= 11 is 0. The molecule has 1 saturated heterocycles. The van der Waals surface area contributed by atoms with Crippen LogP contribution in [0.5, 0.6) is 0 Å². The Hall–Kier alpha value is -4.30. The number of carbonyl (C=O) groups excluding carboxylic acids is 2. The van der Waals surface area contributed by atoms with Crippen LogP contribution in [0.3, 0.4) is 0 Å². The second-order valence-corrected chi connectivity index (χ2v) is 8.49. The molecular weight excluding hydrogens is 446 g/mol. The first-order valence-electron chi connectivity index (χ1n) is 11.3. The van der Waals surface area contributed by atoms with Gasteiger partial charge in [0.1, 0.15) is 5.69 Å². The number of morpholine rings is 1. The summed E-state index contributed by atoms with van der Waals surface area (Å²) < 4.78 is 5.36. The average molecular weight is 469 g/mol. The first-order chi connectivity index (χ1) is 16.9. The van der Waals surface area contributed by atoms with E-state index in [4.69, 9.17) is 4.74 Å². The van der Waals surface area contributed by atoms with E-state index in [9.17, 15) is 19.7 Å². The van der Waals surface area contributed by atoms with Gasteiger partial charge in [-0.25, -0.2) is 4.90 Å². The Morgan fingerprint density at radius 1 is 0.914 bits per heavy atom. The molecule has 0 N–H and O–H groups in total. The predicted octanol–water partition coefficient (Wildman–Crippen LogP) is 4.47. The van der Waals surface area contributed by atoms with Gasteiger partial charge < -0.3 is 9.64 Å². The van der Waals surface area contributed by atoms with E-state index < -0.39 is 16.7 Å². The highest BCUT2D eigenvalue weighted by Crippen LogP contribution is 2.35. The van der Waals surface area contributed by atoms with Gasteiger partial charge in [0.2, 0.25) is 0 Å². The van der Waals surface area contributed by atoms with Crippen LogP contribution >= 0.6 is 0 Å². The van der Waals surface area contributed by atoms with Crippen LogP contribution in [0.25, 0.3) is 11.6 Å². The number of hydrogen-bond acceptors (Lipinski definition) is 6. The molecule has 3 aromatic rings. The van der Waals surface area contributed by atoms with E-state index in [0.29, 0.717) is 59.9 Å². The highest BCUT2D eigenvalue weighted by Gasteiger charge is 2.36. The number of carbonyl (C=O) groups is 2. The third-order valence-electron chi connectivity index (χ3n) is 6.20. The van der Waals surface area contributed by atoms with E-state index in [1.54, 1.807) is 60.7 Å². The number of amides is 2. The molecule has 0 atom stereocenters. The molecule has 0 aromatic heterocycles. The number of nitro groups is 1. The molecule has 2 aliphatic heterocycles. The summed E-state index contributed by atoms with van der Waals surface area (Å²) in [6.07, 6.45) is 1.62. The lowest BCUT2D eigenvalue weighted by atomic mass is 9.91. The number of nitrogens with zero attached hydrogens (tertiary/aromatic N) is 3. The zero-order valence-corrected chi connectivity index (χ0v) is 19.1. The van der Waals surface area contributed by atoms with Gasteiger partial charge in [0.15, 0.2) is 0 Å². The molecule has 0 unspecified atom stereocenters. The summed E-state index contributed by atoms with van der Waals surface area (Å²) in [5, 5.41) is 11.9. The summed E-state index contributed by atoms with van der Waals surface area (Å²) in [7, 11) is 0. The SMILES string of the molecule is Cc1cccc(N2C(=O)C(=Cc3ccc(N4CCOCC4)c([N+](=O)[O-])c3)c3ccccc3C2=O)c1. The Kier molecular flexibility index (Phi) is 5.88. The van der Waals surface area contributed by atoms with Crippen LogP contribution in [0.15, 0.2) is 66.7 Å². The van der Waals surface area contributed by atoms with Crippen LogP contribution in [0.1, 0.15) is 27.0 Å². The van der Waals surface area contributed by atoms with Crippen molar-refractivity contribution in [1.82, 2.24) is 0 Å². The second-order valence-electron chi connectivity index (χ2n) is 8.49. The maximum Gasteiger partial charge on any atom is 0.293 e. The van der Waals surface area contributed by atoms with Gasteiger partial charge in [-0.15, -0.1) is 0 Å². The Balaban J connectivity index is 1.61. The maximum absolute atomic E-state index is 13.6. The lowest BCUT2D eigenvalue weighted by Gasteiger charge is -2.29. The van der Waals surface area contributed by atoms with Gasteiger partial charge in [-0.3, -0.25) is 19.7 Å². The van der Waals surface area contributed by atoms with Crippen LogP contribution < -0.4 is 9.80 Å². The summed E-state index contributed by atoms with van der Waals surface area (Å²) in [6, 6.07) is 19.0. The van der Waals surface area contributed by atoms with Gasteiger partial charge >= 0.3 is 0 Å². The first kappa shape index (κ1) is 22.5. The fourth-order valence-electron chi connectivity index (χ4n) is 4.51. The molecule has 35 heavy (non-hydrogen) atoms. The Bertz CT molecular complexity index is 1370. The topological polar surface area (TPSA) is 93.0 Å². The fourth-order valence-corrected chi connectivity index (χ4v) is 4.51. The molecule has 2 aliphatic rings. The summed E-state index contributed by atoms with van der Waals surface area (Å²) in [6.45, 7) is 4.05. The Morgan fingerprint density at radius 2 is 1.66 bits per heavy atom. The van der Waals surface area contributed by atoms with Crippen molar-refractivity contribution < 1.29 is 19.2 Å². The number of nitro benzene ring substituents is 1. The van der Waals surface area contributed by atoms with Crippen molar-refractivity contribution >= 4 is 40.5 Å². The van der Waals surface area contributed by atoms with Crippen LogP contribution in [0.4, 0.5) is 17.1 Å². The molecule has 2 amide bonds. The molecule has 0 bridgehead atoms. The largest absolute Gasteiger partial charge is 0.378 e. The lowest BCUT2D eigenvalue weighted by Crippen LogP contribution is -2.41. The molecule has 0 radical (unpaired) electrons. The number of imide groups is 1. The molecule has 2 heterocycles. The molecule has 8 heteroatoms. The molecule has 0 saturated carbocycles. The van der Waals surface area contributed by atoms with Crippen molar-refractivity contribution in [2.75, 3.05) is 36.1 Å². The van der Waals surface area contributed by atoms with Crippen molar-refractivity contribution in [1.29, 1.82) is 0 Å². The van der Waals surface area contributed by atoms with Crippen molar-refractivity contribution in [2.24, 2.45) is 0 Å². The van der Waals surface area contributed by atoms with Crippen LogP contribution in [-0.2, 0) is 9.53 Å². The van der Waals surface area contributed by atoms with E-state index >= 15 is 0 Å². The summed E-state index contributed by atoms with van der Waals surface area (Å²) in [5.41, 5.74) is 3.60. The second kappa shape index (κ2) is 9.15. The van der Waals surface area contributed by atoms with Gasteiger partial charge in [0.05, 0.1) is 23.8 Å². The molecule has 1 fully saturated rings. The summed E-state index contributed by atoms with van der Waals surface area (Å²) in [5.74, 6) is -0.874. The first-order valence-corrected chi connectivity index (χ1v) is 11.3. The normalized spacial score (nSPS) is 17.0. The zero-order chi connectivity index (χ0) is 24.5. The van der Waals surface area contributed by atoms with Gasteiger partial charge in [-0.1, -0.05) is 36.4 Å². The van der Waals surface area contributed by atoms with Crippen LogP contribution in [0, 0.1) is 17.0 Å². The molecule has 3 aromatic carbocycles. The van der Waals surface area contributed by atoms with Crippen molar-refractivity contribution in [2.45, 2.75) is 6.92 Å². The van der Waals surface area contributed by atoms with Crippen molar-refractivity contribution in [3.63, 3.8) is 0 Å². The van der Waals surface area contributed by atoms with Gasteiger partial charge in [-0.05, 0) is 54.0 Å². The Labute approximate surface area is 202 Å². The average Bonchev–Trinajstić information content (AvgIpc) is 2.87. The molecule has 0 spiro atoms. The maximum atomic E-state index is 13.6. The number of aryl methyl sites for hydroxylation is 1. The minimum absolute atomic E-state index is 0.0376. The number of fused-ring (bicyclic) bond motifs is 1. The molecule has 8 nitrogen and oxygen atoms in total.